The highest BCUT2D eigenvalue weighted by Crippen LogP contribution is 2.54. The molecule has 3 aliphatic carbocycles. The normalized spacial score (nSPS) is 25.3. The van der Waals surface area contributed by atoms with Gasteiger partial charge in [0, 0.05) is 31.3 Å². The van der Waals surface area contributed by atoms with E-state index in [9.17, 15) is 43.2 Å². The number of fused-ring (bicyclic) bond motifs is 3. The lowest BCUT2D eigenvalue weighted by atomic mass is 9.57. The predicted octanol–water partition coefficient (Wildman–Crippen LogP) is 0.831. The second-order valence-corrected chi connectivity index (χ2v) is 13.1. The molecule has 0 aromatic heterocycles. The number of carbonyl (C=O) groups is 3. The van der Waals surface area contributed by atoms with Gasteiger partial charge in [0.1, 0.15) is 17.1 Å². The molecule has 5 rings (SSSR count). The fourth-order valence-corrected chi connectivity index (χ4v) is 7.65. The number of aromatic hydroxyl groups is 1. The van der Waals surface area contributed by atoms with Gasteiger partial charge in [0.2, 0.25) is 5.78 Å². The van der Waals surface area contributed by atoms with Gasteiger partial charge in [-0.3, -0.25) is 24.0 Å². The van der Waals surface area contributed by atoms with Crippen LogP contribution < -0.4 is 15.4 Å². The third-order valence-corrected chi connectivity index (χ3v) is 9.86. The largest absolute Gasteiger partial charge is 0.508 e. The number of Topliss-reactive ketones (excluding diaryl/α,β-unsaturated/α-hetero) is 2. The molecule has 1 saturated carbocycles. The van der Waals surface area contributed by atoms with Crippen molar-refractivity contribution in [2.45, 2.75) is 29.4 Å². The number of nitrogens with two attached hydrogens (primary N) is 1. The third kappa shape index (κ3) is 4.36. The smallest absolute Gasteiger partial charge is 0.262 e. The van der Waals surface area contributed by atoms with Crippen LogP contribution in [0.25, 0.3) is 5.76 Å². The van der Waals surface area contributed by atoms with Gasteiger partial charge in [0.15, 0.2) is 17.1 Å². The van der Waals surface area contributed by atoms with Gasteiger partial charge in [0.25, 0.3) is 15.9 Å². The van der Waals surface area contributed by atoms with E-state index in [1.165, 1.54) is 49.3 Å². The minimum atomic E-state index is -4.18. The molecule has 3 aliphatic rings. The van der Waals surface area contributed by atoms with Gasteiger partial charge in [-0.25, -0.2) is 8.42 Å². The molecule has 0 aliphatic heterocycles. The van der Waals surface area contributed by atoms with Crippen LogP contribution in [0.3, 0.4) is 0 Å². The van der Waals surface area contributed by atoms with Crippen molar-refractivity contribution in [3.05, 3.63) is 64.4 Å². The minimum Gasteiger partial charge on any atom is -0.508 e. The van der Waals surface area contributed by atoms with Crippen LogP contribution >= 0.6 is 0 Å². The number of amides is 1. The Morgan fingerprint density at radius 3 is 2.26 bits per heavy atom. The van der Waals surface area contributed by atoms with Crippen molar-refractivity contribution in [2.24, 2.45) is 17.6 Å². The van der Waals surface area contributed by atoms with E-state index in [0.717, 1.165) is 0 Å². The number of aliphatic hydroxyl groups excluding tert-OH is 2. The molecule has 1 amide bonds. The zero-order valence-electron chi connectivity index (χ0n) is 23.8. The van der Waals surface area contributed by atoms with Crippen LogP contribution in [0.15, 0.2) is 58.2 Å². The molecule has 4 atom stereocenters. The zero-order valence-corrected chi connectivity index (χ0v) is 24.6. The Morgan fingerprint density at radius 2 is 1.70 bits per heavy atom. The number of nitrogens with zero attached hydrogens (tertiary/aromatic N) is 2. The summed E-state index contributed by atoms with van der Waals surface area (Å²) in [7, 11) is 2.23. The van der Waals surface area contributed by atoms with E-state index >= 15 is 0 Å². The number of hydrogen-bond acceptors (Lipinski definition) is 11. The number of phenols is 1. The number of hydrogen-bond donors (Lipinski definition) is 6. The number of likely N-dealkylation sites (N-methyl/N-ethyl adjacent to an activating group) is 1. The Bertz CT molecular complexity index is 1750. The molecule has 1 unspecified atom stereocenters. The first-order valence-electron chi connectivity index (χ1n) is 13.3. The summed E-state index contributed by atoms with van der Waals surface area (Å²) in [6.45, 7) is 0. The van der Waals surface area contributed by atoms with E-state index in [1.807, 2.05) is 0 Å². The van der Waals surface area contributed by atoms with Crippen LogP contribution in [0.1, 0.15) is 17.5 Å². The number of carbonyl (C=O) groups excluding carboxylic acids is 3. The maximum atomic E-state index is 14.1. The average molecular weight is 613 g/mol. The van der Waals surface area contributed by atoms with E-state index in [4.69, 9.17) is 5.73 Å². The first kappa shape index (κ1) is 30.1. The number of primary amides is 1. The van der Waals surface area contributed by atoms with Gasteiger partial charge in [-0.2, -0.15) is 0 Å². The highest BCUT2D eigenvalue weighted by Gasteiger charge is 2.64. The molecule has 2 aromatic carbocycles. The molecule has 0 saturated heterocycles. The third-order valence-electron chi connectivity index (χ3n) is 8.48. The molecule has 0 heterocycles. The number of nitrogens with one attached hydrogen (secondary N) is 1. The standard InChI is InChI=1S/C29H32N4O9S/c1-32(2)18-12-17(31-43(41,42)14-8-6-5-7-9-14)23(34)20-15(18)10-13-11-16-22(33(3)4)25(36)21(28(30)39)27(38)29(16,40)26(37)19(13)24(20)35/h5-9,12-13,16,22,31,34-35,38,40H,10-11H2,1-4H3,(H2,30,39)/t13-,16+,22?,29-/m0/s1. The number of benzene rings is 2. The van der Waals surface area contributed by atoms with Crippen molar-refractivity contribution in [2.75, 3.05) is 37.8 Å². The number of rotatable bonds is 6. The fourth-order valence-electron chi connectivity index (χ4n) is 6.57. The van der Waals surface area contributed by atoms with Gasteiger partial charge in [0.05, 0.1) is 22.2 Å². The fraction of sp³-hybridized carbons (Fsp3) is 0.345. The summed E-state index contributed by atoms with van der Waals surface area (Å²) < 4.78 is 28.5. The zero-order chi connectivity index (χ0) is 31.8. The van der Waals surface area contributed by atoms with Gasteiger partial charge >= 0.3 is 0 Å². The second kappa shape index (κ2) is 10.1. The van der Waals surface area contributed by atoms with Crippen molar-refractivity contribution in [3.63, 3.8) is 0 Å². The molecule has 43 heavy (non-hydrogen) atoms. The average Bonchev–Trinajstić information content (AvgIpc) is 2.92. The number of sulfonamides is 1. The molecule has 7 N–H and O–H groups in total. The number of phenolic OH excluding ortho intramolecular Hbond substituents is 1. The van der Waals surface area contributed by atoms with Gasteiger partial charge < -0.3 is 31.1 Å². The maximum Gasteiger partial charge on any atom is 0.262 e. The predicted molar refractivity (Wildman–Crippen MR) is 156 cm³/mol. The molecule has 0 spiro atoms. The molecular formula is C29H32N4O9S. The molecule has 2 aromatic rings. The Labute approximate surface area is 247 Å². The summed E-state index contributed by atoms with van der Waals surface area (Å²) in [5.74, 6) is -7.88. The Hall–Kier alpha value is -4.40. The van der Waals surface area contributed by atoms with Crippen molar-refractivity contribution < 1.29 is 43.2 Å². The lowest BCUT2D eigenvalue weighted by Crippen LogP contribution is -2.65. The minimum absolute atomic E-state index is 0.0569. The van der Waals surface area contributed by atoms with Crippen molar-refractivity contribution in [1.82, 2.24) is 4.90 Å². The van der Waals surface area contributed by atoms with Gasteiger partial charge in [-0.1, -0.05) is 18.2 Å². The first-order valence-corrected chi connectivity index (χ1v) is 14.8. The molecule has 0 radical (unpaired) electrons. The topological polar surface area (TPSA) is 211 Å². The highest BCUT2D eigenvalue weighted by molar-refractivity contribution is 7.92. The first-order chi connectivity index (χ1) is 20.0. The summed E-state index contributed by atoms with van der Waals surface area (Å²) in [5.41, 5.74) is 1.66. The van der Waals surface area contributed by atoms with Crippen molar-refractivity contribution >= 4 is 44.6 Å². The van der Waals surface area contributed by atoms with E-state index < -0.39 is 73.8 Å². The molecular weight excluding hydrogens is 580 g/mol. The number of aliphatic hydroxyl groups is 3. The summed E-state index contributed by atoms with van der Waals surface area (Å²) in [6, 6.07) is 7.64. The number of anilines is 2. The molecule has 13 nitrogen and oxygen atoms in total. The van der Waals surface area contributed by atoms with Crippen LogP contribution in [-0.4, -0.2) is 91.1 Å². The van der Waals surface area contributed by atoms with E-state index in [1.54, 1.807) is 25.1 Å². The molecule has 1 fully saturated rings. The van der Waals surface area contributed by atoms with E-state index in [2.05, 4.69) is 4.72 Å². The van der Waals surface area contributed by atoms with Crippen molar-refractivity contribution in [3.8, 4) is 5.75 Å². The van der Waals surface area contributed by atoms with E-state index in [0.29, 0.717) is 11.3 Å². The van der Waals surface area contributed by atoms with E-state index in [-0.39, 0.29) is 34.6 Å². The van der Waals surface area contributed by atoms with Crippen LogP contribution in [0.2, 0.25) is 0 Å². The number of ketones is 2. The molecule has 14 heteroatoms. The molecule has 0 bridgehead atoms. The van der Waals surface area contributed by atoms with Crippen molar-refractivity contribution in [1.29, 1.82) is 0 Å². The Balaban J connectivity index is 1.72. The maximum absolute atomic E-state index is 14.1. The monoisotopic (exact) mass is 612 g/mol. The Morgan fingerprint density at radius 1 is 1.07 bits per heavy atom. The molecule has 228 valence electrons. The quantitative estimate of drug-likeness (QED) is 0.199. The lowest BCUT2D eigenvalue weighted by molar-refractivity contribution is -0.153. The lowest BCUT2D eigenvalue weighted by Gasteiger charge is -2.50. The van der Waals surface area contributed by atoms with Gasteiger partial charge in [-0.15, -0.1) is 0 Å². The summed E-state index contributed by atoms with van der Waals surface area (Å²) in [6.07, 6.45) is -0.0108. The second-order valence-electron chi connectivity index (χ2n) is 11.4. The van der Waals surface area contributed by atoms with Crippen LogP contribution in [0.4, 0.5) is 11.4 Å². The summed E-state index contributed by atoms with van der Waals surface area (Å²) in [4.78, 5) is 42.5. The van der Waals surface area contributed by atoms with Crippen LogP contribution in [0.5, 0.6) is 5.75 Å². The summed E-state index contributed by atoms with van der Waals surface area (Å²) >= 11 is 0. The SMILES string of the molecule is CN(C)c1cc(NS(=O)(=O)c2ccccc2)c(O)c2c1C[C@H]1C[C@@H]3C(N(C)C)C(=O)C(C(N)=O)=C(O)[C@@]3(O)C(=O)C1=C2O. The van der Waals surface area contributed by atoms with Crippen LogP contribution in [0, 0.1) is 11.8 Å². The van der Waals surface area contributed by atoms with Crippen LogP contribution in [-0.2, 0) is 30.8 Å². The summed E-state index contributed by atoms with van der Waals surface area (Å²) in [5, 5.41) is 45.7. The Kier molecular flexibility index (Phi) is 7.07. The van der Waals surface area contributed by atoms with Gasteiger partial charge in [-0.05, 0) is 56.6 Å². The highest BCUT2D eigenvalue weighted by atomic mass is 32.2.